The van der Waals surface area contributed by atoms with Crippen molar-refractivity contribution in [1.29, 1.82) is 0 Å². The second-order valence-corrected chi connectivity index (χ2v) is 8.56. The number of benzene rings is 2. The number of alkyl halides is 2. The number of anilines is 1. The van der Waals surface area contributed by atoms with Gasteiger partial charge in [0.2, 0.25) is 0 Å². The lowest BCUT2D eigenvalue weighted by Gasteiger charge is -2.32. The highest BCUT2D eigenvalue weighted by atomic mass is 19.3. The van der Waals surface area contributed by atoms with Crippen molar-refractivity contribution in [3.63, 3.8) is 0 Å². The SMILES string of the molecule is CCOC(=O)C(F)(F)Cc1ccc(OCc2cccc3c2CCCN3CCOC2=CC=C=C=C2)cc1. The fraction of sp³-hybridized carbons (Fsp3) is 0.345. The molecule has 0 spiro atoms. The standard InChI is InChI=1S/C29H29F2NO4/c1-2-34-28(33)29(30,31)20-22-13-15-25(16-14-22)36-21-23-8-6-12-27-26(23)11-7-17-32(27)18-19-35-24-9-4-3-5-10-24/h4,6,8-10,12-16H,2,7,11,17-21H2,1H3. The molecule has 0 aromatic heterocycles. The van der Waals surface area contributed by atoms with Gasteiger partial charge in [-0.1, -0.05) is 35.7 Å². The van der Waals surface area contributed by atoms with Crippen LogP contribution in [0.5, 0.6) is 5.75 Å². The Bertz CT molecular complexity index is 1210. The number of hydrogen-bond donors (Lipinski definition) is 0. The number of esters is 1. The zero-order valence-corrected chi connectivity index (χ0v) is 20.3. The monoisotopic (exact) mass is 493 g/mol. The number of ether oxygens (including phenoxy) is 3. The predicted octanol–water partition coefficient (Wildman–Crippen LogP) is 5.54. The minimum absolute atomic E-state index is 0.0819. The van der Waals surface area contributed by atoms with Gasteiger partial charge in [-0.2, -0.15) is 8.78 Å². The van der Waals surface area contributed by atoms with Crippen molar-refractivity contribution in [3.05, 3.63) is 94.6 Å². The van der Waals surface area contributed by atoms with Gasteiger partial charge in [0.1, 0.15) is 24.7 Å². The Balaban J connectivity index is 1.34. The average molecular weight is 494 g/mol. The van der Waals surface area contributed by atoms with E-state index in [2.05, 4.69) is 33.2 Å². The molecule has 2 aromatic rings. The van der Waals surface area contributed by atoms with Gasteiger partial charge < -0.3 is 19.1 Å². The van der Waals surface area contributed by atoms with E-state index in [4.69, 9.17) is 9.47 Å². The zero-order chi connectivity index (χ0) is 25.4. The summed E-state index contributed by atoms with van der Waals surface area (Å²) in [6, 6.07) is 12.6. The fourth-order valence-electron chi connectivity index (χ4n) is 4.27. The first-order chi connectivity index (χ1) is 17.5. The van der Waals surface area contributed by atoms with Crippen LogP contribution in [0.1, 0.15) is 30.0 Å². The van der Waals surface area contributed by atoms with Crippen LogP contribution in [0.15, 0.2) is 77.9 Å². The number of hydrogen-bond acceptors (Lipinski definition) is 5. The maximum Gasteiger partial charge on any atom is 0.377 e. The Hall–Kier alpha value is -3.79. The van der Waals surface area contributed by atoms with E-state index in [0.717, 1.165) is 37.3 Å². The molecule has 2 aliphatic rings. The van der Waals surface area contributed by atoms with Crippen LogP contribution in [0.4, 0.5) is 14.5 Å². The third-order valence-electron chi connectivity index (χ3n) is 6.02. The van der Waals surface area contributed by atoms with Crippen molar-refractivity contribution in [2.24, 2.45) is 0 Å². The van der Waals surface area contributed by atoms with Gasteiger partial charge in [0.15, 0.2) is 0 Å². The van der Waals surface area contributed by atoms with Crippen molar-refractivity contribution in [2.75, 3.05) is 31.2 Å². The molecule has 36 heavy (non-hydrogen) atoms. The van der Waals surface area contributed by atoms with Crippen LogP contribution < -0.4 is 9.64 Å². The Labute approximate surface area is 210 Å². The molecule has 188 valence electrons. The highest BCUT2D eigenvalue weighted by Gasteiger charge is 2.40. The number of carbonyl (C=O) groups excluding carboxylic acids is 1. The molecule has 0 radical (unpaired) electrons. The molecule has 4 rings (SSSR count). The van der Waals surface area contributed by atoms with Gasteiger partial charge in [-0.25, -0.2) is 4.79 Å². The normalized spacial score (nSPS) is 14.3. The third kappa shape index (κ3) is 6.45. The molecule has 0 atom stereocenters. The molecular weight excluding hydrogens is 464 g/mol. The van der Waals surface area contributed by atoms with E-state index in [1.165, 1.54) is 18.2 Å². The van der Waals surface area contributed by atoms with Gasteiger partial charge in [0.25, 0.3) is 0 Å². The van der Waals surface area contributed by atoms with Crippen LogP contribution in [0.2, 0.25) is 0 Å². The molecule has 0 fully saturated rings. The summed E-state index contributed by atoms with van der Waals surface area (Å²) in [6.07, 6.45) is 6.73. The number of allylic oxidation sites excluding steroid dienone is 3. The summed E-state index contributed by atoms with van der Waals surface area (Å²) in [4.78, 5) is 13.8. The van der Waals surface area contributed by atoms with E-state index in [9.17, 15) is 13.6 Å². The summed E-state index contributed by atoms with van der Waals surface area (Å²) in [7, 11) is 0. The number of halogens is 2. The summed E-state index contributed by atoms with van der Waals surface area (Å²) >= 11 is 0. The molecule has 1 aliphatic heterocycles. The molecule has 0 amide bonds. The summed E-state index contributed by atoms with van der Waals surface area (Å²) < 4.78 is 44.3. The van der Waals surface area contributed by atoms with Crippen LogP contribution >= 0.6 is 0 Å². The zero-order valence-electron chi connectivity index (χ0n) is 20.3. The second-order valence-electron chi connectivity index (χ2n) is 8.56. The van der Waals surface area contributed by atoms with Gasteiger partial charge in [-0.3, -0.25) is 0 Å². The van der Waals surface area contributed by atoms with Gasteiger partial charge in [0.05, 0.1) is 13.2 Å². The summed E-state index contributed by atoms with van der Waals surface area (Å²) in [6.45, 7) is 4.10. The van der Waals surface area contributed by atoms with E-state index in [0.29, 0.717) is 24.5 Å². The summed E-state index contributed by atoms with van der Waals surface area (Å²) in [5, 5.41) is 0. The minimum Gasteiger partial charge on any atom is -0.491 e. The van der Waals surface area contributed by atoms with E-state index in [-0.39, 0.29) is 6.61 Å². The molecule has 0 N–H and O–H groups in total. The van der Waals surface area contributed by atoms with Gasteiger partial charge in [-0.15, -0.1) is 0 Å². The molecule has 5 nitrogen and oxygen atoms in total. The molecule has 7 heteroatoms. The van der Waals surface area contributed by atoms with Crippen molar-refractivity contribution in [1.82, 2.24) is 0 Å². The Kier molecular flexibility index (Phi) is 8.27. The van der Waals surface area contributed by atoms with Gasteiger partial charge in [-0.05, 0) is 66.8 Å². The predicted molar refractivity (Wildman–Crippen MR) is 133 cm³/mol. The van der Waals surface area contributed by atoms with Crippen LogP contribution in [0.25, 0.3) is 0 Å². The smallest absolute Gasteiger partial charge is 0.377 e. The fourth-order valence-corrected chi connectivity index (χ4v) is 4.27. The Morgan fingerprint density at radius 2 is 1.94 bits per heavy atom. The number of carbonyl (C=O) groups is 1. The quantitative estimate of drug-likeness (QED) is 0.304. The van der Waals surface area contributed by atoms with Crippen LogP contribution in [0.3, 0.4) is 0 Å². The maximum absolute atomic E-state index is 14.0. The van der Waals surface area contributed by atoms with Crippen molar-refractivity contribution in [2.45, 2.75) is 38.7 Å². The van der Waals surface area contributed by atoms with Crippen molar-refractivity contribution >= 4 is 11.7 Å². The Morgan fingerprint density at radius 3 is 2.69 bits per heavy atom. The molecule has 0 saturated heterocycles. The number of fused-ring (bicyclic) bond motifs is 1. The first-order valence-corrected chi connectivity index (χ1v) is 12.1. The first-order valence-electron chi connectivity index (χ1n) is 12.1. The highest BCUT2D eigenvalue weighted by Crippen LogP contribution is 2.31. The molecule has 0 unspecified atom stereocenters. The number of rotatable bonds is 11. The molecule has 0 bridgehead atoms. The molecule has 0 saturated carbocycles. The van der Waals surface area contributed by atoms with Crippen molar-refractivity contribution < 1.29 is 27.8 Å². The number of nitrogens with zero attached hydrogens (tertiary/aromatic N) is 1. The van der Waals surface area contributed by atoms with E-state index >= 15 is 0 Å². The topological polar surface area (TPSA) is 48.0 Å². The molecular formula is C29H29F2NO4. The summed E-state index contributed by atoms with van der Waals surface area (Å²) in [5.74, 6) is -3.70. The average Bonchev–Trinajstić information content (AvgIpc) is 2.89. The lowest BCUT2D eigenvalue weighted by atomic mass is 9.96. The third-order valence-corrected chi connectivity index (χ3v) is 6.02. The van der Waals surface area contributed by atoms with Crippen LogP contribution in [-0.4, -0.2) is 38.2 Å². The van der Waals surface area contributed by atoms with Crippen LogP contribution in [0, 0.1) is 0 Å². The highest BCUT2D eigenvalue weighted by molar-refractivity contribution is 5.77. The van der Waals surface area contributed by atoms with Gasteiger partial charge >= 0.3 is 11.9 Å². The van der Waals surface area contributed by atoms with Crippen molar-refractivity contribution in [3.8, 4) is 5.75 Å². The molecule has 2 aromatic carbocycles. The minimum atomic E-state index is -3.56. The maximum atomic E-state index is 14.0. The Morgan fingerprint density at radius 1 is 1.11 bits per heavy atom. The largest absolute Gasteiger partial charge is 0.491 e. The molecule has 1 aliphatic carbocycles. The van der Waals surface area contributed by atoms with Gasteiger partial charge in [0, 0.05) is 24.7 Å². The first kappa shape index (κ1) is 25.3. The lowest BCUT2D eigenvalue weighted by Crippen LogP contribution is -2.33. The van der Waals surface area contributed by atoms with E-state index in [1.807, 2.05) is 12.1 Å². The lowest BCUT2D eigenvalue weighted by molar-refractivity contribution is -0.171. The van der Waals surface area contributed by atoms with Crippen LogP contribution in [-0.2, 0) is 33.7 Å². The van der Waals surface area contributed by atoms with E-state index in [1.54, 1.807) is 36.4 Å². The summed E-state index contributed by atoms with van der Waals surface area (Å²) in [5.41, 5.74) is 9.64. The molecule has 1 heterocycles. The van der Waals surface area contributed by atoms with E-state index < -0.39 is 18.3 Å². The second kappa shape index (κ2) is 11.8.